The van der Waals surface area contributed by atoms with Crippen molar-refractivity contribution in [3.63, 3.8) is 0 Å². The number of aromatic nitrogens is 2. The molecule has 0 radical (unpaired) electrons. The minimum atomic E-state index is -0.885. The van der Waals surface area contributed by atoms with Gasteiger partial charge in [-0.05, 0) is 29.8 Å². The molecule has 1 amide bonds. The van der Waals surface area contributed by atoms with Crippen LogP contribution in [0.25, 0.3) is 5.76 Å². The number of hydrogen-bond donors (Lipinski definition) is 1. The zero-order valence-electron chi connectivity index (χ0n) is 16.1. The van der Waals surface area contributed by atoms with Gasteiger partial charge in [-0.2, -0.15) is 0 Å². The molecule has 1 aromatic carbocycles. The minimum Gasteiger partial charge on any atom is -0.507 e. The molecule has 30 heavy (non-hydrogen) atoms. The van der Waals surface area contributed by atoms with Gasteiger partial charge >= 0.3 is 5.91 Å². The van der Waals surface area contributed by atoms with Crippen LogP contribution in [-0.4, -0.2) is 41.0 Å². The van der Waals surface area contributed by atoms with E-state index in [2.05, 4.69) is 9.97 Å². The Balaban J connectivity index is 1.95. The monoisotopic (exact) mass is 423 g/mol. The number of hydrogen-bond acceptors (Lipinski definition) is 8. The molecule has 0 saturated carbocycles. The number of Topliss-reactive ketones (excluding diaryl/α,β-unsaturated/α-hetero) is 1. The van der Waals surface area contributed by atoms with E-state index in [9.17, 15) is 14.7 Å². The molecule has 1 saturated heterocycles. The number of pyridine rings is 1. The minimum absolute atomic E-state index is 0.0337. The van der Waals surface area contributed by atoms with Gasteiger partial charge in [-0.15, -0.1) is 11.3 Å². The predicted molar refractivity (Wildman–Crippen MR) is 111 cm³/mol. The van der Waals surface area contributed by atoms with E-state index in [1.807, 2.05) is 0 Å². The zero-order chi connectivity index (χ0) is 21.3. The highest BCUT2D eigenvalue weighted by Gasteiger charge is 2.48. The number of carbonyl (C=O) groups excluding carboxylic acids is 2. The fourth-order valence-electron chi connectivity index (χ4n) is 3.37. The van der Waals surface area contributed by atoms with Gasteiger partial charge in [0, 0.05) is 29.5 Å². The standard InChI is InChI=1S/C21H17N3O5S/c1-28-14-4-3-13(11-15(14)29-2)17-16(18(25)12-5-7-22-8-6-12)19(26)20(27)24(17)21-23-9-10-30-21/h3-11,17,25H,1-2H3. The summed E-state index contributed by atoms with van der Waals surface area (Å²) in [4.78, 5) is 35.3. The molecule has 1 N–H and O–H groups in total. The molecule has 1 unspecified atom stereocenters. The van der Waals surface area contributed by atoms with E-state index >= 15 is 0 Å². The molecule has 0 bridgehead atoms. The second-order valence-corrected chi connectivity index (χ2v) is 7.21. The molecule has 8 nitrogen and oxygen atoms in total. The molecule has 152 valence electrons. The number of aliphatic hydroxyl groups excluding tert-OH is 1. The first-order valence-corrected chi connectivity index (χ1v) is 9.77. The maximum absolute atomic E-state index is 13.0. The van der Waals surface area contributed by atoms with E-state index in [1.165, 1.54) is 42.8 Å². The average molecular weight is 423 g/mol. The van der Waals surface area contributed by atoms with Crippen molar-refractivity contribution in [1.82, 2.24) is 9.97 Å². The van der Waals surface area contributed by atoms with Crippen LogP contribution in [0, 0.1) is 0 Å². The molecule has 2 aromatic heterocycles. The van der Waals surface area contributed by atoms with E-state index in [4.69, 9.17) is 9.47 Å². The van der Waals surface area contributed by atoms with Crippen molar-refractivity contribution < 1.29 is 24.2 Å². The third-order valence-corrected chi connectivity index (χ3v) is 5.52. The topological polar surface area (TPSA) is 102 Å². The van der Waals surface area contributed by atoms with E-state index in [0.717, 1.165) is 0 Å². The first kappa shape index (κ1) is 19.6. The van der Waals surface area contributed by atoms with Gasteiger partial charge in [-0.1, -0.05) is 6.07 Å². The summed E-state index contributed by atoms with van der Waals surface area (Å²) in [6.45, 7) is 0. The second kappa shape index (κ2) is 7.96. The number of amides is 1. The summed E-state index contributed by atoms with van der Waals surface area (Å²) in [5.74, 6) is -0.903. The Labute approximate surface area is 176 Å². The van der Waals surface area contributed by atoms with Gasteiger partial charge in [0.05, 0.1) is 25.8 Å². The van der Waals surface area contributed by atoms with Gasteiger partial charge in [0.2, 0.25) is 0 Å². The van der Waals surface area contributed by atoms with Crippen LogP contribution >= 0.6 is 11.3 Å². The Morgan fingerprint density at radius 3 is 2.43 bits per heavy atom. The van der Waals surface area contributed by atoms with Crippen LogP contribution < -0.4 is 14.4 Å². The summed E-state index contributed by atoms with van der Waals surface area (Å²) in [7, 11) is 3.01. The molecule has 1 fully saturated rings. The van der Waals surface area contributed by atoms with E-state index in [-0.39, 0.29) is 11.3 Å². The Morgan fingerprint density at radius 1 is 1.07 bits per heavy atom. The van der Waals surface area contributed by atoms with Gasteiger partial charge in [0.15, 0.2) is 16.6 Å². The summed E-state index contributed by atoms with van der Waals surface area (Å²) in [5.41, 5.74) is 0.916. The third-order valence-electron chi connectivity index (χ3n) is 4.75. The second-order valence-electron chi connectivity index (χ2n) is 6.33. The van der Waals surface area contributed by atoms with Gasteiger partial charge in [-0.3, -0.25) is 19.5 Å². The predicted octanol–water partition coefficient (Wildman–Crippen LogP) is 3.18. The van der Waals surface area contributed by atoms with E-state index in [0.29, 0.717) is 27.8 Å². The molecule has 0 spiro atoms. The van der Waals surface area contributed by atoms with Crippen LogP contribution in [0.4, 0.5) is 5.13 Å². The van der Waals surface area contributed by atoms with Crippen LogP contribution in [-0.2, 0) is 9.59 Å². The lowest BCUT2D eigenvalue weighted by Gasteiger charge is -2.23. The lowest BCUT2D eigenvalue weighted by Crippen LogP contribution is -2.29. The number of thiazole rings is 1. The van der Waals surface area contributed by atoms with Crippen LogP contribution in [0.15, 0.2) is 59.9 Å². The van der Waals surface area contributed by atoms with Crippen LogP contribution in [0.1, 0.15) is 17.2 Å². The van der Waals surface area contributed by atoms with Gasteiger partial charge in [0.1, 0.15) is 5.76 Å². The number of carbonyl (C=O) groups is 2. The lowest BCUT2D eigenvalue weighted by molar-refractivity contribution is -0.132. The SMILES string of the molecule is COc1ccc(C2C(=C(O)c3ccncc3)C(=O)C(=O)N2c2nccs2)cc1OC. The van der Waals surface area contributed by atoms with Crippen molar-refractivity contribution in [2.75, 3.05) is 19.1 Å². The quantitative estimate of drug-likeness (QED) is 0.382. The number of ether oxygens (including phenoxy) is 2. The molecule has 3 aromatic rings. The summed E-state index contributed by atoms with van der Waals surface area (Å²) in [6.07, 6.45) is 4.54. The van der Waals surface area contributed by atoms with Crippen molar-refractivity contribution in [2.24, 2.45) is 0 Å². The van der Waals surface area contributed by atoms with Crippen LogP contribution in [0.5, 0.6) is 11.5 Å². The Hall–Kier alpha value is -3.72. The van der Waals surface area contributed by atoms with Crippen molar-refractivity contribution in [3.8, 4) is 11.5 Å². The fraction of sp³-hybridized carbons (Fsp3) is 0.143. The molecular weight excluding hydrogens is 406 g/mol. The summed E-state index contributed by atoms with van der Waals surface area (Å²) in [5, 5.41) is 13.0. The zero-order valence-corrected chi connectivity index (χ0v) is 16.9. The summed E-state index contributed by atoms with van der Waals surface area (Å²) in [6, 6.07) is 7.33. The molecule has 4 rings (SSSR count). The molecule has 0 aliphatic carbocycles. The Morgan fingerprint density at radius 2 is 1.80 bits per heavy atom. The van der Waals surface area contributed by atoms with Crippen molar-refractivity contribution in [1.29, 1.82) is 0 Å². The van der Waals surface area contributed by atoms with Crippen LogP contribution in [0.2, 0.25) is 0 Å². The number of aliphatic hydroxyl groups is 1. The maximum atomic E-state index is 13.0. The number of methoxy groups -OCH3 is 2. The first-order chi connectivity index (χ1) is 14.6. The highest BCUT2D eigenvalue weighted by Crippen LogP contribution is 2.44. The maximum Gasteiger partial charge on any atom is 0.301 e. The van der Waals surface area contributed by atoms with Crippen molar-refractivity contribution in [3.05, 3.63) is 71.0 Å². The average Bonchev–Trinajstić information content (AvgIpc) is 3.40. The van der Waals surface area contributed by atoms with Crippen molar-refractivity contribution >= 4 is 33.9 Å². The van der Waals surface area contributed by atoms with Crippen molar-refractivity contribution in [2.45, 2.75) is 6.04 Å². The summed E-state index contributed by atoms with van der Waals surface area (Å²) >= 11 is 1.22. The first-order valence-electron chi connectivity index (χ1n) is 8.89. The van der Waals surface area contributed by atoms with Crippen LogP contribution in [0.3, 0.4) is 0 Å². The highest BCUT2D eigenvalue weighted by molar-refractivity contribution is 7.14. The smallest absolute Gasteiger partial charge is 0.301 e. The Bertz CT molecular complexity index is 1130. The lowest BCUT2D eigenvalue weighted by atomic mass is 9.95. The third kappa shape index (κ3) is 3.18. The van der Waals surface area contributed by atoms with E-state index in [1.54, 1.807) is 41.9 Å². The molecule has 1 atom stereocenters. The summed E-state index contributed by atoms with van der Waals surface area (Å²) < 4.78 is 10.7. The normalized spacial score (nSPS) is 17.9. The molecule has 1 aliphatic rings. The van der Waals surface area contributed by atoms with Gasteiger partial charge in [0.25, 0.3) is 5.78 Å². The number of benzene rings is 1. The number of anilines is 1. The number of nitrogens with zero attached hydrogens (tertiary/aromatic N) is 3. The highest BCUT2D eigenvalue weighted by atomic mass is 32.1. The molecule has 3 heterocycles. The van der Waals surface area contributed by atoms with Gasteiger partial charge in [-0.25, -0.2) is 4.98 Å². The van der Waals surface area contributed by atoms with E-state index < -0.39 is 17.7 Å². The largest absolute Gasteiger partial charge is 0.507 e. The fourth-order valence-corrected chi connectivity index (χ4v) is 4.04. The number of rotatable bonds is 5. The Kier molecular flexibility index (Phi) is 5.20. The number of ketones is 1. The molecular formula is C21H17N3O5S. The van der Waals surface area contributed by atoms with Gasteiger partial charge < -0.3 is 14.6 Å². The molecule has 1 aliphatic heterocycles. The molecule has 9 heteroatoms.